The number of rotatable bonds is 1. The molecule has 1 aliphatic heterocycles. The van der Waals surface area contributed by atoms with Gasteiger partial charge in [0, 0.05) is 10.8 Å². The van der Waals surface area contributed by atoms with Crippen molar-refractivity contribution in [1.82, 2.24) is 0 Å². The van der Waals surface area contributed by atoms with E-state index in [1.165, 1.54) is 0 Å². The second kappa shape index (κ2) is 3.88. The molecule has 3 heteroatoms. The van der Waals surface area contributed by atoms with Gasteiger partial charge < -0.3 is 9.84 Å². The number of hydrogen-bond donors (Lipinski definition) is 1. The molecule has 10 heavy (non-hydrogen) atoms. The molecule has 1 rings (SSSR count). The number of hydrogen-bond acceptors (Lipinski definition) is 2. The van der Waals surface area contributed by atoms with Gasteiger partial charge in [-0.3, -0.25) is 0 Å². The SMILES string of the molecule is C[C@H]1C[C@@H](O)C[C@@H](CI)O1. The zero-order valence-electron chi connectivity index (χ0n) is 6.09. The summed E-state index contributed by atoms with van der Waals surface area (Å²) in [6.45, 7) is 2.02. The molecule has 0 aromatic rings. The highest BCUT2D eigenvalue weighted by Gasteiger charge is 2.24. The fourth-order valence-corrected chi connectivity index (χ4v) is 1.89. The minimum Gasteiger partial charge on any atom is -0.393 e. The molecule has 1 N–H and O–H groups in total. The Morgan fingerprint density at radius 2 is 2.30 bits per heavy atom. The quantitative estimate of drug-likeness (QED) is 0.567. The maximum atomic E-state index is 9.30. The van der Waals surface area contributed by atoms with Crippen LogP contribution < -0.4 is 0 Å². The highest BCUT2D eigenvalue weighted by atomic mass is 127. The number of halogens is 1. The van der Waals surface area contributed by atoms with Crippen molar-refractivity contribution in [2.24, 2.45) is 0 Å². The molecule has 0 saturated carbocycles. The summed E-state index contributed by atoms with van der Waals surface area (Å²) in [5, 5.41) is 9.30. The molecule has 1 heterocycles. The van der Waals surface area contributed by atoms with E-state index in [0.29, 0.717) is 0 Å². The van der Waals surface area contributed by atoms with Gasteiger partial charge >= 0.3 is 0 Å². The molecule has 60 valence electrons. The first-order valence-electron chi connectivity index (χ1n) is 3.62. The van der Waals surface area contributed by atoms with E-state index in [-0.39, 0.29) is 18.3 Å². The van der Waals surface area contributed by atoms with Gasteiger partial charge in [0.15, 0.2) is 0 Å². The van der Waals surface area contributed by atoms with Crippen molar-refractivity contribution in [2.75, 3.05) is 4.43 Å². The van der Waals surface area contributed by atoms with E-state index in [1.807, 2.05) is 6.92 Å². The summed E-state index contributed by atoms with van der Waals surface area (Å²) < 4.78 is 6.52. The van der Waals surface area contributed by atoms with Gasteiger partial charge in [-0.15, -0.1) is 0 Å². The van der Waals surface area contributed by atoms with Crippen LogP contribution in [0.5, 0.6) is 0 Å². The molecule has 1 saturated heterocycles. The molecule has 1 aliphatic rings. The Balaban J connectivity index is 2.35. The van der Waals surface area contributed by atoms with E-state index < -0.39 is 0 Å². The molecule has 0 amide bonds. The van der Waals surface area contributed by atoms with Crippen LogP contribution in [0, 0.1) is 0 Å². The van der Waals surface area contributed by atoms with Crippen molar-refractivity contribution >= 4 is 22.6 Å². The molecule has 2 nitrogen and oxygen atoms in total. The van der Waals surface area contributed by atoms with Crippen LogP contribution in [-0.2, 0) is 4.74 Å². The van der Waals surface area contributed by atoms with Crippen LogP contribution in [0.3, 0.4) is 0 Å². The number of aliphatic hydroxyl groups is 1. The zero-order valence-corrected chi connectivity index (χ0v) is 8.24. The molecule has 0 aromatic carbocycles. The molecular weight excluding hydrogens is 243 g/mol. The van der Waals surface area contributed by atoms with Gasteiger partial charge in [-0.1, -0.05) is 22.6 Å². The number of aliphatic hydroxyl groups excluding tert-OH is 1. The molecule has 0 unspecified atom stereocenters. The van der Waals surface area contributed by atoms with Crippen LogP contribution in [0.1, 0.15) is 19.8 Å². The third-order valence-electron chi connectivity index (χ3n) is 1.74. The molecule has 0 aliphatic carbocycles. The van der Waals surface area contributed by atoms with E-state index in [9.17, 15) is 5.11 Å². The lowest BCUT2D eigenvalue weighted by Gasteiger charge is -2.30. The lowest BCUT2D eigenvalue weighted by Crippen LogP contribution is -2.34. The Morgan fingerprint density at radius 3 is 2.80 bits per heavy atom. The van der Waals surface area contributed by atoms with Gasteiger partial charge in [0.2, 0.25) is 0 Å². The second-order valence-electron chi connectivity index (χ2n) is 2.85. The van der Waals surface area contributed by atoms with Gasteiger partial charge in [0.1, 0.15) is 0 Å². The van der Waals surface area contributed by atoms with Crippen molar-refractivity contribution in [3.63, 3.8) is 0 Å². The van der Waals surface area contributed by atoms with Crippen LogP contribution in [0.25, 0.3) is 0 Å². The van der Waals surface area contributed by atoms with E-state index in [1.54, 1.807) is 0 Å². The lowest BCUT2D eigenvalue weighted by atomic mass is 10.0. The van der Waals surface area contributed by atoms with Gasteiger partial charge in [-0.25, -0.2) is 0 Å². The van der Waals surface area contributed by atoms with E-state index in [0.717, 1.165) is 17.3 Å². The largest absolute Gasteiger partial charge is 0.393 e. The minimum atomic E-state index is -0.136. The molecular formula is C7H13IO2. The van der Waals surface area contributed by atoms with Gasteiger partial charge in [-0.05, 0) is 13.3 Å². The van der Waals surface area contributed by atoms with Gasteiger partial charge in [0.25, 0.3) is 0 Å². The van der Waals surface area contributed by atoms with Crippen molar-refractivity contribution in [2.45, 2.75) is 38.1 Å². The predicted octanol–water partition coefficient (Wildman–Crippen LogP) is 1.35. The fourth-order valence-electron chi connectivity index (χ4n) is 1.32. The Labute approximate surface area is 75.1 Å². The Morgan fingerprint density at radius 1 is 1.60 bits per heavy atom. The summed E-state index contributed by atoms with van der Waals surface area (Å²) >= 11 is 2.29. The van der Waals surface area contributed by atoms with Crippen LogP contribution in [0.2, 0.25) is 0 Å². The summed E-state index contributed by atoms with van der Waals surface area (Å²) in [5.41, 5.74) is 0. The van der Waals surface area contributed by atoms with Crippen molar-refractivity contribution < 1.29 is 9.84 Å². The minimum absolute atomic E-state index is 0.136. The predicted molar refractivity (Wildman–Crippen MR) is 48.5 cm³/mol. The molecule has 0 aromatic heterocycles. The van der Waals surface area contributed by atoms with Crippen molar-refractivity contribution in [3.05, 3.63) is 0 Å². The molecule has 0 radical (unpaired) electrons. The first-order valence-corrected chi connectivity index (χ1v) is 5.14. The van der Waals surface area contributed by atoms with Crippen LogP contribution in [-0.4, -0.2) is 27.8 Å². The summed E-state index contributed by atoms with van der Waals surface area (Å²) in [7, 11) is 0. The number of alkyl halides is 1. The number of ether oxygens (including phenoxy) is 1. The standard InChI is InChI=1S/C7H13IO2/c1-5-2-6(9)3-7(4-8)10-5/h5-7,9H,2-4H2,1H3/t5-,6+,7-/m0/s1. The summed E-state index contributed by atoms with van der Waals surface area (Å²) in [5.74, 6) is 0. The topological polar surface area (TPSA) is 29.5 Å². The van der Waals surface area contributed by atoms with E-state index in [4.69, 9.17) is 4.74 Å². The summed E-state index contributed by atoms with van der Waals surface area (Å²) in [6, 6.07) is 0. The highest BCUT2D eigenvalue weighted by molar-refractivity contribution is 14.1. The first-order chi connectivity index (χ1) is 4.72. The molecule has 0 spiro atoms. The van der Waals surface area contributed by atoms with Crippen LogP contribution >= 0.6 is 22.6 Å². The zero-order chi connectivity index (χ0) is 7.56. The average molecular weight is 256 g/mol. The van der Waals surface area contributed by atoms with Crippen LogP contribution in [0.15, 0.2) is 0 Å². The normalized spacial score (nSPS) is 41.7. The molecule has 0 bridgehead atoms. The van der Waals surface area contributed by atoms with E-state index in [2.05, 4.69) is 22.6 Å². The second-order valence-corrected chi connectivity index (χ2v) is 3.73. The molecule has 1 fully saturated rings. The van der Waals surface area contributed by atoms with Crippen LogP contribution in [0.4, 0.5) is 0 Å². The van der Waals surface area contributed by atoms with E-state index >= 15 is 0 Å². The lowest BCUT2D eigenvalue weighted by molar-refractivity contribution is -0.0760. The monoisotopic (exact) mass is 256 g/mol. The Kier molecular flexibility index (Phi) is 3.39. The van der Waals surface area contributed by atoms with Crippen molar-refractivity contribution in [3.8, 4) is 0 Å². The maximum absolute atomic E-state index is 9.30. The smallest absolute Gasteiger partial charge is 0.0692 e. The van der Waals surface area contributed by atoms with Gasteiger partial charge in [0.05, 0.1) is 18.3 Å². The summed E-state index contributed by atoms with van der Waals surface area (Å²) in [6.07, 6.45) is 1.99. The maximum Gasteiger partial charge on any atom is 0.0692 e. The summed E-state index contributed by atoms with van der Waals surface area (Å²) in [4.78, 5) is 0. The Bertz CT molecular complexity index is 97.8. The highest BCUT2D eigenvalue weighted by Crippen LogP contribution is 2.20. The van der Waals surface area contributed by atoms with Gasteiger partial charge in [-0.2, -0.15) is 0 Å². The third-order valence-corrected chi connectivity index (χ3v) is 2.72. The fraction of sp³-hybridized carbons (Fsp3) is 1.00. The van der Waals surface area contributed by atoms with Crippen molar-refractivity contribution in [1.29, 1.82) is 0 Å². The first kappa shape index (κ1) is 8.74. The molecule has 3 atom stereocenters. The Hall–Kier alpha value is 0.650. The average Bonchev–Trinajstić information content (AvgIpc) is 1.85. The third kappa shape index (κ3) is 2.36.